The molecule has 0 bridgehead atoms. The molecule has 1 aromatic carbocycles. The van der Waals surface area contributed by atoms with E-state index in [0.29, 0.717) is 11.3 Å². The van der Waals surface area contributed by atoms with E-state index >= 15 is 0 Å². The summed E-state index contributed by atoms with van der Waals surface area (Å²) in [6, 6.07) is 12.7. The van der Waals surface area contributed by atoms with Crippen LogP contribution in [0.2, 0.25) is 0 Å². The molecule has 5 heteroatoms. The highest BCUT2D eigenvalue weighted by Gasteiger charge is 2.11. The van der Waals surface area contributed by atoms with Crippen molar-refractivity contribution in [2.24, 2.45) is 0 Å². The molecule has 2 aromatic heterocycles. The normalized spacial score (nSPS) is 10.2. The lowest BCUT2D eigenvalue weighted by Crippen LogP contribution is -2.13. The second kappa shape index (κ2) is 4.86. The lowest BCUT2D eigenvalue weighted by atomic mass is 10.2. The molecule has 0 unspecified atom stereocenters. The van der Waals surface area contributed by atoms with Crippen molar-refractivity contribution in [2.45, 2.75) is 0 Å². The zero-order valence-electron chi connectivity index (χ0n) is 10.4. The number of anilines is 1. The van der Waals surface area contributed by atoms with Crippen LogP contribution in [0.15, 0.2) is 48.8 Å². The minimum Gasteiger partial charge on any atom is -0.359 e. The smallest absolute Gasteiger partial charge is 0.274 e. The van der Waals surface area contributed by atoms with Gasteiger partial charge in [-0.25, -0.2) is 0 Å². The van der Waals surface area contributed by atoms with E-state index < -0.39 is 0 Å². The Balaban J connectivity index is 1.91. The van der Waals surface area contributed by atoms with Crippen molar-refractivity contribution in [3.05, 3.63) is 60.0 Å². The monoisotopic (exact) mass is 262 g/mol. The fourth-order valence-electron chi connectivity index (χ4n) is 1.99. The summed E-state index contributed by atoms with van der Waals surface area (Å²) in [5, 5.41) is 12.5. The highest BCUT2D eigenvalue weighted by molar-refractivity contribution is 6.08. The van der Waals surface area contributed by atoms with Crippen molar-refractivity contribution in [1.29, 1.82) is 5.26 Å². The van der Waals surface area contributed by atoms with E-state index in [1.807, 2.05) is 30.3 Å². The molecular formula is C15H10N4O. The summed E-state index contributed by atoms with van der Waals surface area (Å²) in [5.41, 5.74) is 2.26. The zero-order valence-corrected chi connectivity index (χ0v) is 10.4. The van der Waals surface area contributed by atoms with Gasteiger partial charge in [0.1, 0.15) is 5.69 Å². The van der Waals surface area contributed by atoms with Gasteiger partial charge in [-0.1, -0.05) is 18.2 Å². The molecule has 0 aliphatic carbocycles. The molecule has 0 aliphatic heterocycles. The van der Waals surface area contributed by atoms with Gasteiger partial charge in [0.05, 0.1) is 17.3 Å². The predicted octanol–water partition coefficient (Wildman–Crippen LogP) is 2.69. The van der Waals surface area contributed by atoms with Gasteiger partial charge in [0.25, 0.3) is 5.91 Å². The quantitative estimate of drug-likeness (QED) is 0.745. The predicted molar refractivity (Wildman–Crippen MR) is 75.2 cm³/mol. The maximum Gasteiger partial charge on any atom is 0.274 e. The summed E-state index contributed by atoms with van der Waals surface area (Å²) in [6.45, 7) is 0. The molecule has 20 heavy (non-hydrogen) atoms. The van der Waals surface area contributed by atoms with Crippen LogP contribution < -0.4 is 5.32 Å². The number of para-hydroxylation sites is 1. The molecule has 3 aromatic rings. The van der Waals surface area contributed by atoms with Gasteiger partial charge in [-0.05, 0) is 18.2 Å². The Morgan fingerprint density at radius 2 is 2.15 bits per heavy atom. The molecule has 0 aliphatic rings. The van der Waals surface area contributed by atoms with Crippen LogP contribution >= 0.6 is 0 Å². The molecule has 96 valence electrons. The third-order valence-corrected chi connectivity index (χ3v) is 2.96. The number of aromatic amines is 1. The average molecular weight is 262 g/mol. The van der Waals surface area contributed by atoms with Gasteiger partial charge in [-0.3, -0.25) is 9.78 Å². The minimum atomic E-state index is -0.341. The topological polar surface area (TPSA) is 81.6 Å². The minimum absolute atomic E-state index is 0.217. The highest BCUT2D eigenvalue weighted by Crippen LogP contribution is 2.22. The first kappa shape index (κ1) is 11.9. The third kappa shape index (κ3) is 2.10. The fourth-order valence-corrected chi connectivity index (χ4v) is 1.99. The van der Waals surface area contributed by atoms with E-state index in [-0.39, 0.29) is 11.6 Å². The second-order valence-electron chi connectivity index (χ2n) is 4.24. The van der Waals surface area contributed by atoms with Crippen LogP contribution in [0.25, 0.3) is 10.9 Å². The van der Waals surface area contributed by atoms with Crippen LogP contribution in [0.1, 0.15) is 16.1 Å². The molecule has 2 heterocycles. The zero-order chi connectivity index (χ0) is 13.9. The van der Waals surface area contributed by atoms with E-state index in [1.165, 1.54) is 12.3 Å². The van der Waals surface area contributed by atoms with Gasteiger partial charge < -0.3 is 10.3 Å². The fraction of sp³-hybridized carbons (Fsp3) is 0. The summed E-state index contributed by atoms with van der Waals surface area (Å²) in [6.07, 6.45) is 3.18. The van der Waals surface area contributed by atoms with E-state index in [1.54, 1.807) is 12.3 Å². The largest absolute Gasteiger partial charge is 0.359 e. The molecule has 0 radical (unpaired) electrons. The molecule has 0 spiro atoms. The van der Waals surface area contributed by atoms with Crippen LogP contribution in [0.5, 0.6) is 0 Å². The number of benzene rings is 1. The van der Waals surface area contributed by atoms with Gasteiger partial charge >= 0.3 is 0 Å². The number of hydrogen-bond acceptors (Lipinski definition) is 3. The Hall–Kier alpha value is -3.13. The second-order valence-corrected chi connectivity index (χ2v) is 4.24. The molecule has 3 rings (SSSR count). The van der Waals surface area contributed by atoms with Crippen molar-refractivity contribution in [3.8, 4) is 6.07 Å². The Morgan fingerprint density at radius 1 is 1.30 bits per heavy atom. The number of H-pyrrole nitrogens is 1. The van der Waals surface area contributed by atoms with Crippen LogP contribution in [-0.2, 0) is 0 Å². The molecule has 0 saturated heterocycles. The van der Waals surface area contributed by atoms with Gasteiger partial charge in [0.15, 0.2) is 0 Å². The number of nitrogens with zero attached hydrogens (tertiary/aromatic N) is 2. The lowest BCUT2D eigenvalue weighted by molar-refractivity contribution is 0.102. The van der Waals surface area contributed by atoms with Crippen LogP contribution in [-0.4, -0.2) is 15.9 Å². The summed E-state index contributed by atoms with van der Waals surface area (Å²) in [4.78, 5) is 19.2. The van der Waals surface area contributed by atoms with Gasteiger partial charge in [-0.2, -0.15) is 5.26 Å². The first-order chi connectivity index (χ1) is 9.78. The number of carbonyl (C=O) groups is 1. The number of amides is 1. The van der Waals surface area contributed by atoms with Crippen molar-refractivity contribution in [3.63, 3.8) is 0 Å². The Labute approximate surface area is 114 Å². The Bertz CT molecular complexity index is 829. The van der Waals surface area contributed by atoms with Gasteiger partial charge in [0.2, 0.25) is 0 Å². The first-order valence-electron chi connectivity index (χ1n) is 6.01. The van der Waals surface area contributed by atoms with Crippen molar-refractivity contribution >= 4 is 22.5 Å². The number of nitrogens with one attached hydrogen (secondary N) is 2. The van der Waals surface area contributed by atoms with E-state index in [4.69, 9.17) is 5.26 Å². The summed E-state index contributed by atoms with van der Waals surface area (Å²) in [5.74, 6) is -0.341. The third-order valence-electron chi connectivity index (χ3n) is 2.96. The molecule has 2 N–H and O–H groups in total. The maximum absolute atomic E-state index is 12.1. The standard InChI is InChI=1S/C15H10N4O/c16-8-10-5-6-17-13(7-10)15(20)19-14-9-18-12-4-2-1-3-11(12)14/h1-7,9,18H,(H,19,20). The van der Waals surface area contributed by atoms with Crippen molar-refractivity contribution in [2.75, 3.05) is 5.32 Å². The number of nitriles is 1. The number of hydrogen-bond donors (Lipinski definition) is 2. The van der Waals surface area contributed by atoms with Gasteiger partial charge in [0, 0.05) is 23.3 Å². The number of pyridine rings is 1. The Kier molecular flexibility index (Phi) is 2.90. The summed E-state index contributed by atoms with van der Waals surface area (Å²) >= 11 is 0. The highest BCUT2D eigenvalue weighted by atomic mass is 16.1. The van der Waals surface area contributed by atoms with E-state index in [9.17, 15) is 4.79 Å². The lowest BCUT2D eigenvalue weighted by Gasteiger charge is -2.03. The molecular weight excluding hydrogens is 252 g/mol. The number of carbonyl (C=O) groups excluding carboxylic acids is 1. The molecule has 0 atom stereocenters. The Morgan fingerprint density at radius 3 is 3.00 bits per heavy atom. The maximum atomic E-state index is 12.1. The van der Waals surface area contributed by atoms with E-state index in [0.717, 1.165) is 10.9 Å². The molecule has 0 fully saturated rings. The SMILES string of the molecule is N#Cc1ccnc(C(=O)Nc2c[nH]c3ccccc23)c1. The number of rotatable bonds is 2. The van der Waals surface area contributed by atoms with Crippen LogP contribution in [0.3, 0.4) is 0 Å². The van der Waals surface area contributed by atoms with Crippen LogP contribution in [0.4, 0.5) is 5.69 Å². The first-order valence-corrected chi connectivity index (χ1v) is 6.01. The van der Waals surface area contributed by atoms with Gasteiger partial charge in [-0.15, -0.1) is 0 Å². The summed E-state index contributed by atoms with van der Waals surface area (Å²) in [7, 11) is 0. The molecule has 1 amide bonds. The molecule has 0 saturated carbocycles. The van der Waals surface area contributed by atoms with Crippen molar-refractivity contribution < 1.29 is 4.79 Å². The number of aromatic nitrogens is 2. The average Bonchev–Trinajstić information content (AvgIpc) is 2.90. The molecule has 5 nitrogen and oxygen atoms in total. The van der Waals surface area contributed by atoms with Crippen LogP contribution in [0, 0.1) is 11.3 Å². The van der Waals surface area contributed by atoms with E-state index in [2.05, 4.69) is 15.3 Å². The number of fused-ring (bicyclic) bond motifs is 1. The summed E-state index contributed by atoms with van der Waals surface area (Å²) < 4.78 is 0. The van der Waals surface area contributed by atoms with Crippen molar-refractivity contribution in [1.82, 2.24) is 9.97 Å².